The maximum Gasteiger partial charge on any atom is 0.317 e. The lowest BCUT2D eigenvalue weighted by molar-refractivity contribution is -0.160. The number of Topliss-reactive ketones (excluding diaryl/α,β-unsaturated/α-hetero) is 1. The van der Waals surface area contributed by atoms with Gasteiger partial charge in [-0.3, -0.25) is 14.5 Å². The van der Waals surface area contributed by atoms with Gasteiger partial charge in [0.2, 0.25) is 0 Å². The van der Waals surface area contributed by atoms with Crippen LogP contribution in [0.2, 0.25) is 0 Å². The van der Waals surface area contributed by atoms with E-state index in [0.717, 1.165) is 11.3 Å². The van der Waals surface area contributed by atoms with E-state index in [1.165, 1.54) is 0 Å². The number of hydrogen-bond acceptors (Lipinski definition) is 5. The molecule has 0 bridgehead atoms. The minimum atomic E-state index is -0.725. The molecule has 1 heterocycles. The first-order valence-electron chi connectivity index (χ1n) is 7.88. The van der Waals surface area contributed by atoms with Crippen LogP contribution in [0.25, 0.3) is 0 Å². The summed E-state index contributed by atoms with van der Waals surface area (Å²) in [5, 5.41) is 0. The summed E-state index contributed by atoms with van der Waals surface area (Å²) in [4.78, 5) is 27.0. The number of carbonyl (C=O) groups is 2. The lowest BCUT2D eigenvalue weighted by Crippen LogP contribution is -2.54. The Kier molecular flexibility index (Phi) is 5.09. The summed E-state index contributed by atoms with van der Waals surface area (Å²) >= 11 is 0. The maximum atomic E-state index is 12.9. The fourth-order valence-corrected chi connectivity index (χ4v) is 3.52. The number of ketones is 1. The summed E-state index contributed by atoms with van der Waals surface area (Å²) in [6.45, 7) is 6.18. The number of benzene rings is 1. The normalized spacial score (nSPS) is 24.3. The Labute approximate surface area is 137 Å². The largest absolute Gasteiger partial charge is 0.497 e. The van der Waals surface area contributed by atoms with Gasteiger partial charge in [-0.05, 0) is 31.7 Å². The third-order valence-corrected chi connectivity index (χ3v) is 4.53. The number of ether oxygens (including phenoxy) is 2. The molecule has 0 saturated carbocycles. The Bertz CT molecular complexity index is 596. The highest BCUT2D eigenvalue weighted by atomic mass is 16.5. The zero-order valence-electron chi connectivity index (χ0n) is 14.5. The van der Waals surface area contributed by atoms with Crippen molar-refractivity contribution in [1.82, 2.24) is 4.90 Å². The van der Waals surface area contributed by atoms with Crippen molar-refractivity contribution in [3.63, 3.8) is 0 Å². The molecule has 1 aromatic carbocycles. The number of likely N-dealkylation sites (tertiary alicyclic amines) is 1. The zero-order valence-corrected chi connectivity index (χ0v) is 14.5. The van der Waals surface area contributed by atoms with E-state index in [1.54, 1.807) is 14.0 Å². The molecule has 1 saturated heterocycles. The number of rotatable bonds is 4. The second kappa shape index (κ2) is 6.71. The van der Waals surface area contributed by atoms with Gasteiger partial charge in [-0.2, -0.15) is 0 Å². The monoisotopic (exact) mass is 319 g/mol. The second-order valence-corrected chi connectivity index (χ2v) is 6.51. The third kappa shape index (κ3) is 3.24. The molecule has 5 nitrogen and oxygen atoms in total. The molecule has 1 aliphatic rings. The third-order valence-electron chi connectivity index (χ3n) is 4.53. The van der Waals surface area contributed by atoms with Crippen LogP contribution in [0.1, 0.15) is 32.4 Å². The average Bonchev–Trinajstić information content (AvgIpc) is 2.51. The summed E-state index contributed by atoms with van der Waals surface area (Å²) in [6, 6.07) is 7.61. The first-order valence-corrected chi connectivity index (χ1v) is 7.88. The van der Waals surface area contributed by atoms with Crippen LogP contribution in [0.4, 0.5) is 0 Å². The van der Waals surface area contributed by atoms with E-state index in [-0.39, 0.29) is 18.4 Å². The van der Waals surface area contributed by atoms with Crippen molar-refractivity contribution in [2.45, 2.75) is 26.8 Å². The van der Waals surface area contributed by atoms with Gasteiger partial charge in [0.05, 0.1) is 13.7 Å². The average molecular weight is 319 g/mol. The molecule has 23 heavy (non-hydrogen) atoms. The predicted molar refractivity (Wildman–Crippen MR) is 87.3 cm³/mol. The number of esters is 1. The molecular weight excluding hydrogens is 294 g/mol. The van der Waals surface area contributed by atoms with Crippen LogP contribution in [-0.4, -0.2) is 44.0 Å². The summed E-state index contributed by atoms with van der Waals surface area (Å²) in [6.07, 6.45) is 0. The van der Waals surface area contributed by atoms with Gasteiger partial charge in [0, 0.05) is 18.0 Å². The van der Waals surface area contributed by atoms with Crippen molar-refractivity contribution < 1.29 is 19.1 Å². The Balaban J connectivity index is 2.36. The van der Waals surface area contributed by atoms with Crippen LogP contribution in [0.5, 0.6) is 5.75 Å². The molecule has 2 rings (SSSR count). The molecule has 2 unspecified atom stereocenters. The SMILES string of the molecule is CCOC(=O)C1CN(C)C(c2cccc(OC)c2)C(C)(C)C1=O. The summed E-state index contributed by atoms with van der Waals surface area (Å²) in [5.74, 6) is -0.466. The van der Waals surface area contributed by atoms with Gasteiger partial charge >= 0.3 is 5.97 Å². The molecular formula is C18H25NO4. The molecule has 0 radical (unpaired) electrons. The predicted octanol–water partition coefficient (Wildman–Crippen LogP) is 2.46. The van der Waals surface area contributed by atoms with Gasteiger partial charge in [0.15, 0.2) is 5.78 Å². The minimum absolute atomic E-state index is 0.0677. The highest BCUT2D eigenvalue weighted by molar-refractivity contribution is 6.03. The first-order chi connectivity index (χ1) is 10.8. The Morgan fingerprint density at radius 2 is 2.09 bits per heavy atom. The van der Waals surface area contributed by atoms with E-state index in [9.17, 15) is 9.59 Å². The van der Waals surface area contributed by atoms with Gasteiger partial charge in [0.25, 0.3) is 0 Å². The summed E-state index contributed by atoms with van der Waals surface area (Å²) in [7, 11) is 3.56. The van der Waals surface area contributed by atoms with E-state index >= 15 is 0 Å². The highest BCUT2D eigenvalue weighted by Gasteiger charge is 2.50. The van der Waals surface area contributed by atoms with Crippen molar-refractivity contribution in [3.05, 3.63) is 29.8 Å². The highest BCUT2D eigenvalue weighted by Crippen LogP contribution is 2.44. The van der Waals surface area contributed by atoms with Crippen LogP contribution >= 0.6 is 0 Å². The van der Waals surface area contributed by atoms with Crippen molar-refractivity contribution in [2.24, 2.45) is 11.3 Å². The van der Waals surface area contributed by atoms with Crippen LogP contribution in [0, 0.1) is 11.3 Å². The van der Waals surface area contributed by atoms with Gasteiger partial charge in [0.1, 0.15) is 11.7 Å². The summed E-state index contributed by atoms with van der Waals surface area (Å²) in [5.41, 5.74) is 0.309. The Hall–Kier alpha value is -1.88. The van der Waals surface area contributed by atoms with E-state index in [2.05, 4.69) is 4.90 Å². The molecule has 5 heteroatoms. The van der Waals surface area contributed by atoms with E-state index in [1.807, 2.05) is 45.2 Å². The van der Waals surface area contributed by atoms with E-state index < -0.39 is 17.3 Å². The van der Waals surface area contributed by atoms with Crippen molar-refractivity contribution in [2.75, 3.05) is 27.3 Å². The maximum absolute atomic E-state index is 12.9. The quantitative estimate of drug-likeness (QED) is 0.630. The molecule has 1 fully saturated rings. The first kappa shape index (κ1) is 17.5. The number of methoxy groups -OCH3 is 1. The van der Waals surface area contributed by atoms with Crippen LogP contribution < -0.4 is 4.74 Å². The molecule has 0 amide bonds. The van der Waals surface area contributed by atoms with Crippen molar-refractivity contribution in [1.29, 1.82) is 0 Å². The van der Waals surface area contributed by atoms with Gasteiger partial charge in [-0.25, -0.2) is 0 Å². The zero-order chi connectivity index (χ0) is 17.2. The molecule has 0 aliphatic carbocycles. The fraction of sp³-hybridized carbons (Fsp3) is 0.556. The molecule has 1 aromatic rings. The lowest BCUT2D eigenvalue weighted by atomic mass is 9.69. The van der Waals surface area contributed by atoms with Gasteiger partial charge in [-0.1, -0.05) is 26.0 Å². The Morgan fingerprint density at radius 1 is 1.39 bits per heavy atom. The smallest absolute Gasteiger partial charge is 0.317 e. The molecule has 126 valence electrons. The summed E-state index contributed by atoms with van der Waals surface area (Å²) < 4.78 is 10.4. The number of hydrogen-bond donors (Lipinski definition) is 0. The fourth-order valence-electron chi connectivity index (χ4n) is 3.52. The molecule has 2 atom stereocenters. The van der Waals surface area contributed by atoms with Crippen molar-refractivity contribution >= 4 is 11.8 Å². The van der Waals surface area contributed by atoms with Crippen LogP contribution in [0.15, 0.2) is 24.3 Å². The standard InChI is InChI=1S/C18H25NO4/c1-6-23-17(21)14-11-19(4)15(18(2,3)16(14)20)12-8-7-9-13(10-12)22-5/h7-10,14-15H,6,11H2,1-5H3. The lowest BCUT2D eigenvalue weighted by Gasteiger charge is -2.46. The Morgan fingerprint density at radius 3 is 2.70 bits per heavy atom. The number of carbonyl (C=O) groups excluding carboxylic acids is 2. The topological polar surface area (TPSA) is 55.8 Å². The minimum Gasteiger partial charge on any atom is -0.497 e. The molecule has 0 N–H and O–H groups in total. The second-order valence-electron chi connectivity index (χ2n) is 6.51. The molecule has 0 aromatic heterocycles. The van der Waals surface area contributed by atoms with E-state index in [0.29, 0.717) is 6.54 Å². The van der Waals surface area contributed by atoms with Crippen LogP contribution in [-0.2, 0) is 14.3 Å². The van der Waals surface area contributed by atoms with Gasteiger partial charge < -0.3 is 9.47 Å². The van der Waals surface area contributed by atoms with E-state index in [4.69, 9.17) is 9.47 Å². The van der Waals surface area contributed by atoms with Gasteiger partial charge in [-0.15, -0.1) is 0 Å². The molecule has 0 spiro atoms. The van der Waals surface area contributed by atoms with Crippen molar-refractivity contribution in [3.8, 4) is 5.75 Å². The molecule has 1 aliphatic heterocycles. The number of piperidine rings is 1. The van der Waals surface area contributed by atoms with Crippen LogP contribution in [0.3, 0.4) is 0 Å². The number of nitrogens with zero attached hydrogens (tertiary/aromatic N) is 1.